The third-order valence-electron chi connectivity index (χ3n) is 3.65. The maximum Gasteiger partial charge on any atom is 0.221 e. The van der Waals surface area contributed by atoms with E-state index in [1.54, 1.807) is 0 Å². The molecule has 0 aliphatic carbocycles. The van der Waals surface area contributed by atoms with Crippen molar-refractivity contribution in [1.82, 2.24) is 4.90 Å². The van der Waals surface area contributed by atoms with Crippen molar-refractivity contribution in [3.63, 3.8) is 0 Å². The van der Waals surface area contributed by atoms with Crippen molar-refractivity contribution in [1.29, 1.82) is 0 Å². The summed E-state index contributed by atoms with van der Waals surface area (Å²) in [6.07, 6.45) is 3.89. The average molecular weight is 261 g/mol. The minimum Gasteiger partial charge on any atom is -0.383 e. The van der Waals surface area contributed by atoms with Crippen molar-refractivity contribution in [3.8, 4) is 0 Å². The normalized spacial score (nSPS) is 20.0. The molecule has 1 heterocycles. The predicted octanol–water partition coefficient (Wildman–Crippen LogP) is 2.54. The number of carbonyl (C=O) groups excluding carboxylic acids is 1. The van der Waals surface area contributed by atoms with E-state index >= 15 is 0 Å². The van der Waals surface area contributed by atoms with Gasteiger partial charge in [-0.2, -0.15) is 0 Å². The maximum absolute atomic E-state index is 11.0. The fraction of sp³-hybridized carbons (Fsp3) is 0.533. The van der Waals surface area contributed by atoms with Crippen molar-refractivity contribution >= 4 is 17.3 Å². The Bertz CT molecular complexity index is 433. The number of amides is 1. The van der Waals surface area contributed by atoms with Gasteiger partial charge in [0.05, 0.1) is 0 Å². The Morgan fingerprint density at radius 2 is 2.16 bits per heavy atom. The van der Waals surface area contributed by atoms with Gasteiger partial charge in [0.1, 0.15) is 0 Å². The maximum atomic E-state index is 11.0. The van der Waals surface area contributed by atoms with Gasteiger partial charge in [0.15, 0.2) is 0 Å². The van der Waals surface area contributed by atoms with Crippen molar-refractivity contribution in [2.45, 2.75) is 32.2 Å². The van der Waals surface area contributed by atoms with Gasteiger partial charge in [0, 0.05) is 30.9 Å². The lowest BCUT2D eigenvalue weighted by molar-refractivity contribution is -0.114. The molecule has 4 heteroatoms. The van der Waals surface area contributed by atoms with E-state index in [0.29, 0.717) is 6.04 Å². The number of hydrogen-bond acceptors (Lipinski definition) is 3. The Morgan fingerprint density at radius 1 is 1.37 bits per heavy atom. The van der Waals surface area contributed by atoms with Gasteiger partial charge in [-0.05, 0) is 44.6 Å². The van der Waals surface area contributed by atoms with Crippen LogP contribution in [-0.4, -0.2) is 37.0 Å². The van der Waals surface area contributed by atoms with Crippen LogP contribution < -0.4 is 10.6 Å². The summed E-state index contributed by atoms with van der Waals surface area (Å²) in [6.45, 7) is 3.68. The Labute approximate surface area is 115 Å². The van der Waals surface area contributed by atoms with Crippen LogP contribution in [0.5, 0.6) is 0 Å². The third-order valence-corrected chi connectivity index (χ3v) is 3.65. The number of benzene rings is 1. The quantitative estimate of drug-likeness (QED) is 0.875. The summed E-state index contributed by atoms with van der Waals surface area (Å²) in [5, 5.41) is 6.27. The van der Waals surface area contributed by atoms with E-state index in [2.05, 4.69) is 22.6 Å². The number of carbonyl (C=O) groups is 1. The topological polar surface area (TPSA) is 44.4 Å². The lowest BCUT2D eigenvalue weighted by Crippen LogP contribution is -2.40. The zero-order valence-corrected chi connectivity index (χ0v) is 11.8. The smallest absolute Gasteiger partial charge is 0.221 e. The van der Waals surface area contributed by atoms with Crippen molar-refractivity contribution in [3.05, 3.63) is 24.3 Å². The molecule has 4 nitrogen and oxygen atoms in total. The highest BCUT2D eigenvalue weighted by molar-refractivity contribution is 5.89. The van der Waals surface area contributed by atoms with Crippen LogP contribution in [0.15, 0.2) is 24.3 Å². The van der Waals surface area contributed by atoms with E-state index in [4.69, 9.17) is 0 Å². The number of likely N-dealkylation sites (tertiary alicyclic amines) is 1. The number of anilines is 2. The van der Waals surface area contributed by atoms with Gasteiger partial charge in [0.2, 0.25) is 5.91 Å². The predicted molar refractivity (Wildman–Crippen MR) is 79.5 cm³/mol. The molecule has 0 bridgehead atoms. The second-order valence-electron chi connectivity index (χ2n) is 5.27. The highest BCUT2D eigenvalue weighted by Crippen LogP contribution is 2.18. The first kappa shape index (κ1) is 13.9. The summed E-state index contributed by atoms with van der Waals surface area (Å²) in [6, 6.07) is 8.48. The zero-order chi connectivity index (χ0) is 13.7. The monoisotopic (exact) mass is 261 g/mol. The molecular formula is C15H23N3O. The zero-order valence-electron chi connectivity index (χ0n) is 11.8. The van der Waals surface area contributed by atoms with Crippen LogP contribution in [0, 0.1) is 0 Å². The standard InChI is InChI=1S/C15H23N3O/c1-12(19)17-14-7-5-6-13(10-14)16-11-15-8-3-4-9-18(15)2/h5-7,10,15-16H,3-4,8-9,11H2,1-2H3,(H,17,19). The number of rotatable bonds is 4. The summed E-state index contributed by atoms with van der Waals surface area (Å²) in [4.78, 5) is 13.5. The Hall–Kier alpha value is -1.55. The van der Waals surface area contributed by atoms with Crippen LogP contribution in [-0.2, 0) is 4.79 Å². The van der Waals surface area contributed by atoms with Gasteiger partial charge in [-0.3, -0.25) is 4.79 Å². The Kier molecular flexibility index (Phi) is 4.80. The molecule has 1 unspecified atom stereocenters. The molecule has 1 amide bonds. The van der Waals surface area contributed by atoms with Crippen LogP contribution in [0.1, 0.15) is 26.2 Å². The molecule has 1 fully saturated rings. The molecule has 104 valence electrons. The SMILES string of the molecule is CC(=O)Nc1cccc(NCC2CCCCN2C)c1. The molecule has 2 N–H and O–H groups in total. The molecular weight excluding hydrogens is 238 g/mol. The first-order chi connectivity index (χ1) is 9.15. The molecule has 0 saturated carbocycles. The molecule has 2 rings (SSSR count). The van der Waals surface area contributed by atoms with Crippen LogP contribution in [0.4, 0.5) is 11.4 Å². The largest absolute Gasteiger partial charge is 0.383 e. The van der Waals surface area contributed by atoms with Crippen LogP contribution in [0.3, 0.4) is 0 Å². The highest BCUT2D eigenvalue weighted by atomic mass is 16.1. The highest BCUT2D eigenvalue weighted by Gasteiger charge is 2.18. The van der Waals surface area contributed by atoms with Gasteiger partial charge >= 0.3 is 0 Å². The number of piperidine rings is 1. The second-order valence-corrected chi connectivity index (χ2v) is 5.27. The molecule has 1 atom stereocenters. The second kappa shape index (κ2) is 6.57. The molecule has 1 aliphatic heterocycles. The first-order valence-electron chi connectivity index (χ1n) is 6.97. The van der Waals surface area contributed by atoms with Crippen LogP contribution in [0.25, 0.3) is 0 Å². The van der Waals surface area contributed by atoms with E-state index < -0.39 is 0 Å². The minimum atomic E-state index is -0.0378. The summed E-state index contributed by atoms with van der Waals surface area (Å²) >= 11 is 0. The van der Waals surface area contributed by atoms with Gasteiger partial charge in [-0.25, -0.2) is 0 Å². The van der Waals surface area contributed by atoms with Gasteiger partial charge in [0.25, 0.3) is 0 Å². The lowest BCUT2D eigenvalue weighted by atomic mass is 10.0. The van der Waals surface area contributed by atoms with E-state index in [1.807, 2.05) is 24.3 Å². The van der Waals surface area contributed by atoms with E-state index in [0.717, 1.165) is 17.9 Å². The van der Waals surface area contributed by atoms with Crippen molar-refractivity contribution in [2.24, 2.45) is 0 Å². The molecule has 0 aromatic heterocycles. The van der Waals surface area contributed by atoms with Crippen LogP contribution >= 0.6 is 0 Å². The Balaban J connectivity index is 1.89. The van der Waals surface area contributed by atoms with Crippen molar-refractivity contribution in [2.75, 3.05) is 30.8 Å². The number of hydrogen-bond donors (Lipinski definition) is 2. The fourth-order valence-corrected chi connectivity index (χ4v) is 2.55. The van der Waals surface area contributed by atoms with Crippen LogP contribution in [0.2, 0.25) is 0 Å². The van der Waals surface area contributed by atoms with Gasteiger partial charge in [-0.1, -0.05) is 12.5 Å². The molecule has 0 spiro atoms. The van der Waals surface area contributed by atoms with E-state index in [1.165, 1.54) is 32.7 Å². The molecule has 19 heavy (non-hydrogen) atoms. The fourth-order valence-electron chi connectivity index (χ4n) is 2.55. The lowest BCUT2D eigenvalue weighted by Gasteiger charge is -2.32. The molecule has 1 aliphatic rings. The number of likely N-dealkylation sites (N-methyl/N-ethyl adjacent to an activating group) is 1. The molecule has 1 aromatic rings. The summed E-state index contributed by atoms with van der Waals surface area (Å²) in [7, 11) is 2.19. The van der Waals surface area contributed by atoms with Crippen molar-refractivity contribution < 1.29 is 4.79 Å². The summed E-state index contributed by atoms with van der Waals surface area (Å²) in [5.41, 5.74) is 1.90. The average Bonchev–Trinajstić information content (AvgIpc) is 2.37. The molecule has 1 aromatic carbocycles. The number of nitrogens with one attached hydrogen (secondary N) is 2. The molecule has 0 radical (unpaired) electrons. The van der Waals surface area contributed by atoms with Gasteiger partial charge in [-0.15, -0.1) is 0 Å². The first-order valence-corrected chi connectivity index (χ1v) is 6.97. The van der Waals surface area contributed by atoms with E-state index in [9.17, 15) is 4.79 Å². The summed E-state index contributed by atoms with van der Waals surface area (Å²) < 4.78 is 0. The Morgan fingerprint density at radius 3 is 2.89 bits per heavy atom. The minimum absolute atomic E-state index is 0.0378. The summed E-state index contributed by atoms with van der Waals surface area (Å²) in [5.74, 6) is -0.0378. The van der Waals surface area contributed by atoms with E-state index in [-0.39, 0.29) is 5.91 Å². The third kappa shape index (κ3) is 4.24. The molecule has 1 saturated heterocycles. The number of nitrogens with zero attached hydrogens (tertiary/aromatic N) is 1. The van der Waals surface area contributed by atoms with Gasteiger partial charge < -0.3 is 15.5 Å².